The van der Waals surface area contributed by atoms with Crippen LogP contribution in [0.2, 0.25) is 0 Å². The zero-order valence-corrected chi connectivity index (χ0v) is 16.6. The van der Waals surface area contributed by atoms with Crippen molar-refractivity contribution in [3.8, 4) is 11.5 Å². The Kier molecular flexibility index (Phi) is 6.88. The first-order valence-corrected chi connectivity index (χ1v) is 9.06. The van der Waals surface area contributed by atoms with Crippen LogP contribution < -0.4 is 14.8 Å². The molecule has 0 aliphatic heterocycles. The summed E-state index contributed by atoms with van der Waals surface area (Å²) in [5.41, 5.74) is 3.21. The lowest BCUT2D eigenvalue weighted by Crippen LogP contribution is -2.32. The second kappa shape index (κ2) is 8.90. The molecule has 0 aliphatic carbocycles. The summed E-state index contributed by atoms with van der Waals surface area (Å²) in [5, 5.41) is 3.02. The van der Waals surface area contributed by atoms with E-state index in [2.05, 4.69) is 21.2 Å². The summed E-state index contributed by atoms with van der Waals surface area (Å²) in [4.78, 5) is 12.2. The van der Waals surface area contributed by atoms with Gasteiger partial charge in [-0.2, -0.15) is 0 Å². The average molecular weight is 406 g/mol. The molecule has 0 spiro atoms. The second-order valence-corrected chi connectivity index (χ2v) is 6.75. The molecular formula is C20H24BrNO3. The first-order valence-electron chi connectivity index (χ1n) is 8.27. The molecule has 0 radical (unpaired) electrons. The summed E-state index contributed by atoms with van der Waals surface area (Å²) in [6.45, 7) is 6.03. The number of hydrogen-bond donors (Lipinski definition) is 1. The number of methoxy groups -OCH3 is 1. The van der Waals surface area contributed by atoms with Gasteiger partial charge in [-0.1, -0.05) is 35.0 Å². The Morgan fingerprint density at radius 1 is 1.12 bits per heavy atom. The summed E-state index contributed by atoms with van der Waals surface area (Å²) in [6, 6.07) is 11.5. The van der Waals surface area contributed by atoms with Crippen LogP contribution in [0.15, 0.2) is 40.9 Å². The predicted octanol–water partition coefficient (Wildman–Crippen LogP) is 4.72. The number of hydrogen-bond acceptors (Lipinski definition) is 3. The fourth-order valence-corrected chi connectivity index (χ4v) is 2.86. The Morgan fingerprint density at radius 2 is 1.72 bits per heavy atom. The van der Waals surface area contributed by atoms with Gasteiger partial charge in [-0.25, -0.2) is 0 Å². The van der Waals surface area contributed by atoms with E-state index in [1.807, 2.05) is 57.2 Å². The lowest BCUT2D eigenvalue weighted by atomic mass is 10.0. The van der Waals surface area contributed by atoms with Crippen molar-refractivity contribution in [1.29, 1.82) is 0 Å². The Bertz CT molecular complexity index is 705. The largest absolute Gasteiger partial charge is 0.497 e. The monoisotopic (exact) mass is 405 g/mol. The Hall–Kier alpha value is -2.01. The minimum absolute atomic E-state index is 0.00678. The summed E-state index contributed by atoms with van der Waals surface area (Å²) in [7, 11) is 1.64. The molecule has 25 heavy (non-hydrogen) atoms. The van der Waals surface area contributed by atoms with Gasteiger partial charge in [0.2, 0.25) is 0 Å². The lowest BCUT2D eigenvalue weighted by molar-refractivity contribution is -0.123. The number of ether oxygens (including phenoxy) is 2. The van der Waals surface area contributed by atoms with Crippen LogP contribution in [0.3, 0.4) is 0 Å². The molecule has 4 nitrogen and oxygen atoms in total. The minimum atomic E-state index is -0.138. The van der Waals surface area contributed by atoms with Crippen molar-refractivity contribution in [3.63, 3.8) is 0 Å². The molecule has 0 fully saturated rings. The fraction of sp³-hybridized carbons (Fsp3) is 0.350. The smallest absolute Gasteiger partial charge is 0.258 e. The first kappa shape index (κ1) is 19.3. The number of benzene rings is 2. The maximum atomic E-state index is 12.2. The van der Waals surface area contributed by atoms with Gasteiger partial charge in [-0.15, -0.1) is 0 Å². The maximum absolute atomic E-state index is 12.2. The molecule has 2 rings (SSSR count). The van der Waals surface area contributed by atoms with Crippen molar-refractivity contribution in [3.05, 3.63) is 57.6 Å². The molecule has 1 N–H and O–H groups in total. The molecule has 2 aromatic rings. The fourth-order valence-electron chi connectivity index (χ4n) is 2.63. The van der Waals surface area contributed by atoms with Gasteiger partial charge in [0.1, 0.15) is 11.5 Å². The van der Waals surface area contributed by atoms with E-state index >= 15 is 0 Å². The summed E-state index contributed by atoms with van der Waals surface area (Å²) in [5.74, 6) is 1.36. The van der Waals surface area contributed by atoms with Crippen molar-refractivity contribution in [1.82, 2.24) is 5.32 Å². The highest BCUT2D eigenvalue weighted by Gasteiger charge is 2.13. The van der Waals surface area contributed by atoms with Gasteiger partial charge >= 0.3 is 0 Å². The van der Waals surface area contributed by atoms with Crippen LogP contribution in [0.5, 0.6) is 11.5 Å². The molecule has 0 aliphatic rings. The van der Waals surface area contributed by atoms with Crippen LogP contribution in [-0.2, 0) is 4.79 Å². The van der Waals surface area contributed by atoms with E-state index in [0.717, 1.165) is 33.3 Å². The summed E-state index contributed by atoms with van der Waals surface area (Å²) < 4.78 is 11.9. The van der Waals surface area contributed by atoms with Crippen LogP contribution in [0.4, 0.5) is 0 Å². The molecule has 1 atom stereocenters. The molecule has 0 heterocycles. The Labute approximate surface area is 157 Å². The van der Waals surface area contributed by atoms with Gasteiger partial charge in [0.05, 0.1) is 13.2 Å². The zero-order chi connectivity index (χ0) is 18.4. The SMILES string of the molecule is CC[C@@H](NC(=O)COc1cc(C)c(Br)c(C)c1)c1ccc(OC)cc1. The van der Waals surface area contributed by atoms with Crippen molar-refractivity contribution >= 4 is 21.8 Å². The summed E-state index contributed by atoms with van der Waals surface area (Å²) in [6.07, 6.45) is 0.800. The number of amides is 1. The standard InChI is InChI=1S/C20H24BrNO3/c1-5-18(15-6-8-16(24-4)9-7-15)22-19(23)12-25-17-10-13(2)20(21)14(3)11-17/h6-11,18H,5,12H2,1-4H3,(H,22,23)/t18-/m1/s1. The third-order valence-electron chi connectivity index (χ3n) is 4.04. The molecule has 134 valence electrons. The van der Waals surface area contributed by atoms with Gasteiger partial charge in [0.15, 0.2) is 6.61 Å². The van der Waals surface area contributed by atoms with Crippen molar-refractivity contribution in [2.75, 3.05) is 13.7 Å². The van der Waals surface area contributed by atoms with E-state index in [1.54, 1.807) is 7.11 Å². The lowest BCUT2D eigenvalue weighted by Gasteiger charge is -2.18. The number of carbonyl (C=O) groups is 1. The predicted molar refractivity (Wildman–Crippen MR) is 103 cm³/mol. The van der Waals surface area contributed by atoms with Crippen LogP contribution >= 0.6 is 15.9 Å². The molecule has 1 amide bonds. The van der Waals surface area contributed by atoms with Gasteiger partial charge in [-0.3, -0.25) is 4.79 Å². The third-order valence-corrected chi connectivity index (χ3v) is 5.29. The van der Waals surface area contributed by atoms with Crippen molar-refractivity contribution in [2.24, 2.45) is 0 Å². The van der Waals surface area contributed by atoms with Crippen LogP contribution in [0.25, 0.3) is 0 Å². The van der Waals surface area contributed by atoms with Crippen LogP contribution in [0, 0.1) is 13.8 Å². The van der Waals surface area contributed by atoms with E-state index in [1.165, 1.54) is 0 Å². The van der Waals surface area contributed by atoms with E-state index < -0.39 is 0 Å². The summed E-state index contributed by atoms with van der Waals surface area (Å²) >= 11 is 3.53. The van der Waals surface area contributed by atoms with E-state index in [-0.39, 0.29) is 18.6 Å². The number of rotatable bonds is 7. The maximum Gasteiger partial charge on any atom is 0.258 e. The zero-order valence-electron chi connectivity index (χ0n) is 15.1. The van der Waals surface area contributed by atoms with E-state index in [0.29, 0.717) is 5.75 Å². The molecule has 5 heteroatoms. The minimum Gasteiger partial charge on any atom is -0.497 e. The van der Waals surface area contributed by atoms with Gasteiger partial charge in [-0.05, 0) is 61.2 Å². The van der Waals surface area contributed by atoms with Crippen molar-refractivity contribution < 1.29 is 14.3 Å². The topological polar surface area (TPSA) is 47.6 Å². The number of aryl methyl sites for hydroxylation is 2. The third kappa shape index (κ3) is 5.23. The highest BCUT2D eigenvalue weighted by Crippen LogP contribution is 2.26. The number of halogens is 1. The molecule has 0 bridgehead atoms. The first-order chi connectivity index (χ1) is 11.9. The van der Waals surface area contributed by atoms with Gasteiger partial charge < -0.3 is 14.8 Å². The highest BCUT2D eigenvalue weighted by molar-refractivity contribution is 9.10. The normalized spacial score (nSPS) is 11.7. The van der Waals surface area contributed by atoms with Gasteiger partial charge in [0, 0.05) is 4.47 Å². The quantitative estimate of drug-likeness (QED) is 0.724. The average Bonchev–Trinajstić information content (AvgIpc) is 2.62. The van der Waals surface area contributed by atoms with Crippen LogP contribution in [0.1, 0.15) is 36.1 Å². The van der Waals surface area contributed by atoms with Crippen LogP contribution in [-0.4, -0.2) is 19.6 Å². The second-order valence-electron chi connectivity index (χ2n) is 5.96. The van der Waals surface area contributed by atoms with Gasteiger partial charge in [0.25, 0.3) is 5.91 Å². The van der Waals surface area contributed by atoms with E-state index in [4.69, 9.17) is 9.47 Å². The van der Waals surface area contributed by atoms with E-state index in [9.17, 15) is 4.79 Å². The molecule has 0 saturated carbocycles. The Balaban J connectivity index is 1.95. The molecule has 0 aromatic heterocycles. The molecular weight excluding hydrogens is 382 g/mol. The highest BCUT2D eigenvalue weighted by atomic mass is 79.9. The number of nitrogens with one attached hydrogen (secondary N) is 1. The molecule has 0 saturated heterocycles. The number of carbonyl (C=O) groups excluding carboxylic acids is 1. The van der Waals surface area contributed by atoms with Crippen molar-refractivity contribution in [2.45, 2.75) is 33.2 Å². The molecule has 0 unspecified atom stereocenters. The molecule has 2 aromatic carbocycles. The Morgan fingerprint density at radius 3 is 2.24 bits per heavy atom.